The first kappa shape index (κ1) is 34.9. The third kappa shape index (κ3) is 8.74. The second kappa shape index (κ2) is 15.9. The first-order valence-electron chi connectivity index (χ1n) is 13.9. The van der Waals surface area contributed by atoms with Gasteiger partial charge in [0.2, 0.25) is 0 Å². The number of nitrogens with one attached hydrogen (secondary N) is 1. The molecule has 1 aromatic heterocycles. The summed E-state index contributed by atoms with van der Waals surface area (Å²) in [5.74, 6) is -2.38. The van der Waals surface area contributed by atoms with E-state index >= 15 is 0 Å². The average molecular weight is 613 g/mol. The van der Waals surface area contributed by atoms with Gasteiger partial charge in [-0.3, -0.25) is 9.59 Å². The third-order valence-electron chi connectivity index (χ3n) is 6.94. The van der Waals surface area contributed by atoms with Gasteiger partial charge in [-0.15, -0.1) is 0 Å². The number of hydrogen-bond acceptors (Lipinski definition) is 4. The molecular weight excluding hydrogens is 577 g/mol. The van der Waals surface area contributed by atoms with Crippen molar-refractivity contribution in [3.63, 3.8) is 0 Å². The zero-order valence-corrected chi connectivity index (χ0v) is 26.9. The van der Waals surface area contributed by atoms with Crippen LogP contribution in [0.2, 0.25) is 0 Å². The quantitative estimate of drug-likeness (QED) is 0.184. The van der Waals surface area contributed by atoms with Crippen molar-refractivity contribution in [2.75, 3.05) is 0 Å². The molecule has 10 heteroatoms. The molecule has 2 atom stereocenters. The van der Waals surface area contributed by atoms with Gasteiger partial charge >= 0.3 is 35.5 Å². The van der Waals surface area contributed by atoms with Crippen LogP contribution in [0.3, 0.4) is 0 Å². The monoisotopic (exact) mass is 612 g/mol. The molecule has 0 unspecified atom stereocenters. The third-order valence-corrected chi connectivity index (χ3v) is 6.94. The van der Waals surface area contributed by atoms with E-state index in [-0.39, 0.29) is 55.8 Å². The van der Waals surface area contributed by atoms with E-state index in [4.69, 9.17) is 5.11 Å². The van der Waals surface area contributed by atoms with Gasteiger partial charge in [0.05, 0.1) is 18.6 Å². The van der Waals surface area contributed by atoms with Crippen LogP contribution in [-0.4, -0.2) is 44.0 Å². The molecule has 1 amide bonds. The molecule has 0 aliphatic rings. The van der Waals surface area contributed by atoms with Crippen LogP contribution in [-0.2, 0) is 11.3 Å². The second-order valence-corrected chi connectivity index (χ2v) is 10.5. The molecule has 0 radical (unpaired) electrons. The maximum atomic E-state index is 14.0. The van der Waals surface area contributed by atoms with E-state index in [9.17, 15) is 28.6 Å². The Bertz CT molecular complexity index is 1590. The van der Waals surface area contributed by atoms with Gasteiger partial charge in [0, 0.05) is 35.8 Å². The molecule has 44 heavy (non-hydrogen) atoms. The smallest absolute Gasteiger partial charge is 1.00 e. The summed E-state index contributed by atoms with van der Waals surface area (Å²) in [7, 11) is 0. The fourth-order valence-electron chi connectivity index (χ4n) is 5.04. The minimum absolute atomic E-state index is 0. The minimum Gasteiger partial charge on any atom is -1.00 e. The Labute approximate surface area is 278 Å². The van der Waals surface area contributed by atoms with E-state index in [1.165, 1.54) is 30.3 Å². The Morgan fingerprint density at radius 1 is 0.886 bits per heavy atom. The van der Waals surface area contributed by atoms with E-state index in [0.717, 1.165) is 5.56 Å². The number of aliphatic carboxylic acids is 1. The summed E-state index contributed by atoms with van der Waals surface area (Å²) in [6.07, 6.45) is -0.0558. The fraction of sp³-hybridized carbons (Fsp3) is 0.235. The van der Waals surface area contributed by atoms with Crippen LogP contribution in [0.25, 0.3) is 28.3 Å². The molecule has 3 aromatic carbocycles. The molecule has 4 rings (SSSR count). The summed E-state index contributed by atoms with van der Waals surface area (Å²) in [5, 5.41) is 32.6. The van der Waals surface area contributed by atoms with Crippen molar-refractivity contribution in [1.29, 1.82) is 0 Å². The Hall–Kier alpha value is -3.60. The number of aliphatic hydroxyl groups excluding tert-OH is 2. The first-order chi connectivity index (χ1) is 20.5. The number of hydrogen-bond donors (Lipinski definition) is 4. The van der Waals surface area contributed by atoms with Crippen LogP contribution in [0, 0.1) is 11.6 Å². The Kier molecular flexibility index (Phi) is 12.6. The van der Waals surface area contributed by atoms with Gasteiger partial charge in [-0.2, -0.15) is 0 Å². The van der Waals surface area contributed by atoms with Crippen molar-refractivity contribution in [1.82, 2.24) is 9.88 Å². The Morgan fingerprint density at radius 3 is 2.02 bits per heavy atom. The zero-order valence-electron chi connectivity index (χ0n) is 25.9. The number of aliphatic hydroxyl groups is 2. The van der Waals surface area contributed by atoms with Gasteiger partial charge in [-0.1, -0.05) is 60.7 Å². The number of carboxylic acid groups (broad SMARTS) is 1. The van der Waals surface area contributed by atoms with Gasteiger partial charge in [0.15, 0.2) is 0 Å². The molecule has 1 heterocycles. The molecule has 0 spiro atoms. The SMILES string of the molecule is CC(C)n1c(/C=C/[C@@H](O)C[C@@H](O)CC(=O)O)c(-c2ccc(F)cc2)c(-c2ccccc2)c1C(=O)NCc1ccc(F)cc1.[H-].[Na+]. The molecule has 226 valence electrons. The maximum Gasteiger partial charge on any atom is 1.00 e. The molecule has 0 aliphatic carbocycles. The average Bonchev–Trinajstić information content (AvgIpc) is 3.31. The molecule has 0 saturated heterocycles. The van der Waals surface area contributed by atoms with Crippen molar-refractivity contribution in [3.05, 3.63) is 114 Å². The molecule has 0 bridgehead atoms. The number of carbonyl (C=O) groups is 2. The van der Waals surface area contributed by atoms with Crippen LogP contribution >= 0.6 is 0 Å². The number of carboxylic acids is 1. The van der Waals surface area contributed by atoms with Crippen LogP contribution in [0.5, 0.6) is 0 Å². The van der Waals surface area contributed by atoms with Crippen LogP contribution < -0.4 is 34.9 Å². The largest absolute Gasteiger partial charge is 1.00 e. The molecule has 4 N–H and O–H groups in total. The number of benzene rings is 3. The topological polar surface area (TPSA) is 112 Å². The van der Waals surface area contributed by atoms with Gasteiger partial charge < -0.3 is 26.6 Å². The van der Waals surface area contributed by atoms with Crippen molar-refractivity contribution in [3.8, 4) is 22.3 Å². The molecule has 0 fully saturated rings. The van der Waals surface area contributed by atoms with E-state index in [2.05, 4.69) is 5.32 Å². The molecule has 0 saturated carbocycles. The number of nitrogens with zero attached hydrogens (tertiary/aromatic N) is 1. The number of aromatic nitrogens is 1. The first-order valence-corrected chi connectivity index (χ1v) is 13.9. The fourth-order valence-corrected chi connectivity index (χ4v) is 5.04. The van der Waals surface area contributed by atoms with E-state index in [1.54, 1.807) is 30.3 Å². The maximum absolute atomic E-state index is 14.0. The van der Waals surface area contributed by atoms with Gasteiger partial charge in [0.25, 0.3) is 5.91 Å². The van der Waals surface area contributed by atoms with Crippen molar-refractivity contribution < 1.29 is 64.7 Å². The Morgan fingerprint density at radius 2 is 1.45 bits per heavy atom. The minimum atomic E-state index is -1.25. The van der Waals surface area contributed by atoms with E-state index < -0.39 is 36.3 Å². The summed E-state index contributed by atoms with van der Waals surface area (Å²) < 4.78 is 29.3. The van der Waals surface area contributed by atoms with E-state index in [0.29, 0.717) is 33.6 Å². The predicted octanol–water partition coefficient (Wildman–Crippen LogP) is 3.33. The van der Waals surface area contributed by atoms with Crippen molar-refractivity contribution in [2.45, 2.75) is 51.5 Å². The van der Waals surface area contributed by atoms with Crippen molar-refractivity contribution in [2.24, 2.45) is 0 Å². The zero-order chi connectivity index (χ0) is 31.1. The van der Waals surface area contributed by atoms with Crippen LogP contribution in [0.1, 0.15) is 55.9 Å². The summed E-state index contributed by atoms with van der Waals surface area (Å²) in [6, 6.07) is 20.8. The van der Waals surface area contributed by atoms with Gasteiger partial charge in [-0.25, -0.2) is 8.78 Å². The molecule has 0 aliphatic heterocycles. The Balaban J connectivity index is 0.00000353. The second-order valence-electron chi connectivity index (χ2n) is 10.5. The van der Waals surface area contributed by atoms with Crippen LogP contribution in [0.15, 0.2) is 84.9 Å². The number of amides is 1. The molecule has 7 nitrogen and oxygen atoms in total. The van der Waals surface area contributed by atoms with Gasteiger partial charge in [-0.05, 0) is 60.9 Å². The van der Waals surface area contributed by atoms with Crippen LogP contribution in [0.4, 0.5) is 8.78 Å². The van der Waals surface area contributed by atoms with Crippen molar-refractivity contribution >= 4 is 18.0 Å². The summed E-state index contributed by atoms with van der Waals surface area (Å²) in [6.45, 7) is 3.96. The van der Waals surface area contributed by atoms with E-state index in [1.807, 2.05) is 48.7 Å². The predicted molar refractivity (Wildman–Crippen MR) is 162 cm³/mol. The number of carbonyl (C=O) groups excluding carboxylic acids is 1. The molecule has 4 aromatic rings. The summed E-state index contributed by atoms with van der Waals surface area (Å²) in [4.78, 5) is 25.0. The summed E-state index contributed by atoms with van der Waals surface area (Å²) in [5.41, 5.74) is 4.19. The number of halogens is 2. The normalized spacial score (nSPS) is 12.6. The standard InChI is InChI=1S/C34H34F2N2O5.Na.H/c1-21(2)38-29(17-16-27(39)18-28(40)19-30(41)42)31(24-10-14-26(36)15-11-24)32(23-6-4-3-5-7-23)33(38)34(43)37-20-22-8-12-25(35)13-9-22;;/h3-17,21,27-28,39-40H,18-20H2,1-2H3,(H,37,43)(H,41,42);;/q;+1;-1/b17-16+;;/t27-,28-;;/m1../s1. The van der Waals surface area contributed by atoms with Gasteiger partial charge in [0.1, 0.15) is 17.3 Å². The summed E-state index contributed by atoms with van der Waals surface area (Å²) >= 11 is 0. The number of rotatable bonds is 12. The molecular formula is C34H35F2N2NaO5.